The molecule has 0 bridgehead atoms. The van der Waals surface area contributed by atoms with Crippen molar-refractivity contribution in [2.45, 2.75) is 32.4 Å². The van der Waals surface area contributed by atoms with Gasteiger partial charge in [-0.25, -0.2) is 0 Å². The number of benzene rings is 1. The van der Waals surface area contributed by atoms with Crippen LogP contribution in [0.4, 0.5) is 0 Å². The highest BCUT2D eigenvalue weighted by Gasteiger charge is 2.11. The molecule has 0 radical (unpaired) electrons. The molecule has 0 aliphatic heterocycles. The van der Waals surface area contributed by atoms with E-state index >= 15 is 0 Å². The van der Waals surface area contributed by atoms with Crippen molar-refractivity contribution in [3.8, 4) is 0 Å². The van der Waals surface area contributed by atoms with Crippen molar-refractivity contribution in [1.82, 2.24) is 5.32 Å². The highest BCUT2D eigenvalue weighted by Crippen LogP contribution is 2.26. The maximum Gasteiger partial charge on any atom is 0.0464 e. The van der Waals surface area contributed by atoms with Crippen molar-refractivity contribution in [2.24, 2.45) is 0 Å². The summed E-state index contributed by atoms with van der Waals surface area (Å²) >= 11 is 9.60. The average molecular weight is 303 g/mol. The van der Waals surface area contributed by atoms with Gasteiger partial charge in [-0.15, -0.1) is 6.58 Å². The van der Waals surface area contributed by atoms with Crippen molar-refractivity contribution >= 4 is 27.5 Å². The van der Waals surface area contributed by atoms with Gasteiger partial charge in [-0.1, -0.05) is 39.7 Å². The predicted octanol–water partition coefficient (Wildman–Crippen LogP) is 4.72. The lowest BCUT2D eigenvalue weighted by molar-refractivity contribution is 0.483. The quantitative estimate of drug-likeness (QED) is 0.776. The molecule has 1 aromatic rings. The molecule has 0 amide bonds. The molecule has 0 saturated carbocycles. The normalized spacial score (nSPS) is 14.5. The van der Waals surface area contributed by atoms with E-state index in [9.17, 15) is 0 Å². The van der Waals surface area contributed by atoms with E-state index in [1.807, 2.05) is 24.3 Å². The molecule has 0 aromatic heterocycles. The minimum atomic E-state index is 0.246. The largest absolute Gasteiger partial charge is 0.307 e. The highest BCUT2D eigenvalue weighted by molar-refractivity contribution is 9.10. The van der Waals surface area contributed by atoms with Gasteiger partial charge in [0.25, 0.3) is 0 Å². The van der Waals surface area contributed by atoms with E-state index in [1.54, 1.807) is 0 Å². The van der Waals surface area contributed by atoms with Crippen LogP contribution in [0.5, 0.6) is 0 Å². The molecule has 88 valence electrons. The lowest BCUT2D eigenvalue weighted by Gasteiger charge is -2.20. The molecule has 1 N–H and O–H groups in total. The molecule has 1 rings (SSSR count). The molecule has 0 saturated heterocycles. The lowest BCUT2D eigenvalue weighted by atomic mass is 10.1. The molecular weight excluding hydrogens is 286 g/mol. The smallest absolute Gasteiger partial charge is 0.0464 e. The van der Waals surface area contributed by atoms with Gasteiger partial charge in [0.2, 0.25) is 0 Å². The van der Waals surface area contributed by atoms with Crippen LogP contribution in [0, 0.1) is 0 Å². The molecule has 2 unspecified atom stereocenters. The molecular formula is C13H17BrClN. The predicted molar refractivity (Wildman–Crippen MR) is 75.0 cm³/mol. The van der Waals surface area contributed by atoms with Crippen LogP contribution in [-0.4, -0.2) is 6.04 Å². The fourth-order valence-corrected chi connectivity index (χ4v) is 2.52. The summed E-state index contributed by atoms with van der Waals surface area (Å²) in [4.78, 5) is 0. The third-order valence-corrected chi connectivity index (χ3v) is 3.30. The third-order valence-electron chi connectivity index (χ3n) is 2.48. The van der Waals surface area contributed by atoms with Gasteiger partial charge >= 0.3 is 0 Å². The van der Waals surface area contributed by atoms with Crippen molar-refractivity contribution in [2.75, 3.05) is 0 Å². The first kappa shape index (κ1) is 13.8. The molecule has 0 aliphatic rings. The van der Waals surface area contributed by atoms with Crippen LogP contribution < -0.4 is 5.32 Å². The van der Waals surface area contributed by atoms with E-state index in [4.69, 9.17) is 11.6 Å². The van der Waals surface area contributed by atoms with E-state index in [2.05, 4.69) is 41.7 Å². The zero-order valence-corrected chi connectivity index (χ0v) is 12.0. The van der Waals surface area contributed by atoms with Gasteiger partial charge in [0.15, 0.2) is 0 Å². The topological polar surface area (TPSA) is 12.0 Å². The van der Waals surface area contributed by atoms with Crippen LogP contribution in [0.15, 0.2) is 35.3 Å². The molecule has 0 fully saturated rings. The summed E-state index contributed by atoms with van der Waals surface area (Å²) in [5.41, 5.74) is 1.13. The van der Waals surface area contributed by atoms with E-state index in [-0.39, 0.29) is 6.04 Å². The van der Waals surface area contributed by atoms with Gasteiger partial charge in [-0.05, 0) is 38.0 Å². The van der Waals surface area contributed by atoms with E-state index in [0.717, 1.165) is 21.5 Å². The van der Waals surface area contributed by atoms with Gasteiger partial charge in [-0.3, -0.25) is 0 Å². The van der Waals surface area contributed by atoms with Gasteiger partial charge in [-0.2, -0.15) is 0 Å². The second kappa shape index (κ2) is 6.43. The Labute approximate surface area is 111 Å². The Morgan fingerprint density at radius 1 is 1.50 bits per heavy atom. The van der Waals surface area contributed by atoms with Gasteiger partial charge in [0.1, 0.15) is 0 Å². The van der Waals surface area contributed by atoms with E-state index < -0.39 is 0 Å². The first-order valence-corrected chi connectivity index (χ1v) is 6.53. The first-order valence-electron chi connectivity index (χ1n) is 5.36. The number of rotatable bonds is 5. The van der Waals surface area contributed by atoms with Crippen LogP contribution in [0.3, 0.4) is 0 Å². The Bertz CT molecular complexity index is 365. The van der Waals surface area contributed by atoms with Crippen LogP contribution >= 0.6 is 27.5 Å². The summed E-state index contributed by atoms with van der Waals surface area (Å²) in [5.74, 6) is 0. The average Bonchev–Trinajstić information content (AvgIpc) is 2.17. The Morgan fingerprint density at radius 3 is 2.75 bits per heavy atom. The lowest BCUT2D eigenvalue weighted by Crippen LogP contribution is -2.28. The minimum Gasteiger partial charge on any atom is -0.307 e. The highest BCUT2D eigenvalue weighted by atomic mass is 79.9. The van der Waals surface area contributed by atoms with E-state index in [0.29, 0.717) is 6.04 Å². The standard InChI is InChI=1S/C13H17BrClN/c1-4-5-9(2)16-10(3)12-7-6-11(14)8-13(12)15/h4,6-10,16H,1,5H2,2-3H3. The minimum absolute atomic E-state index is 0.246. The second-order valence-electron chi connectivity index (χ2n) is 3.98. The number of halogens is 2. The van der Waals surface area contributed by atoms with Gasteiger partial charge in [0.05, 0.1) is 0 Å². The van der Waals surface area contributed by atoms with Crippen LogP contribution in [-0.2, 0) is 0 Å². The van der Waals surface area contributed by atoms with Gasteiger partial charge < -0.3 is 5.32 Å². The zero-order chi connectivity index (χ0) is 12.1. The molecule has 3 heteroatoms. The monoisotopic (exact) mass is 301 g/mol. The third kappa shape index (κ3) is 3.93. The van der Waals surface area contributed by atoms with Crippen LogP contribution in [0.25, 0.3) is 0 Å². The van der Waals surface area contributed by atoms with Crippen molar-refractivity contribution < 1.29 is 0 Å². The molecule has 0 spiro atoms. The molecule has 16 heavy (non-hydrogen) atoms. The van der Waals surface area contributed by atoms with Gasteiger partial charge in [0, 0.05) is 21.6 Å². The van der Waals surface area contributed by atoms with E-state index in [1.165, 1.54) is 0 Å². The summed E-state index contributed by atoms with van der Waals surface area (Å²) in [7, 11) is 0. The summed E-state index contributed by atoms with van der Waals surface area (Å²) < 4.78 is 1.01. The molecule has 1 nitrogen and oxygen atoms in total. The van der Waals surface area contributed by atoms with Crippen molar-refractivity contribution in [1.29, 1.82) is 0 Å². The Balaban J connectivity index is 2.72. The maximum atomic E-state index is 6.19. The zero-order valence-electron chi connectivity index (χ0n) is 9.63. The Hall–Kier alpha value is -0.310. The number of hydrogen-bond donors (Lipinski definition) is 1. The molecule has 2 atom stereocenters. The Kier molecular flexibility index (Phi) is 5.53. The molecule has 0 heterocycles. The van der Waals surface area contributed by atoms with Crippen molar-refractivity contribution in [3.05, 3.63) is 45.9 Å². The van der Waals surface area contributed by atoms with Crippen LogP contribution in [0.1, 0.15) is 31.9 Å². The summed E-state index contributed by atoms with van der Waals surface area (Å²) in [6, 6.07) is 6.64. The second-order valence-corrected chi connectivity index (χ2v) is 5.30. The fraction of sp³-hybridized carbons (Fsp3) is 0.385. The maximum absolute atomic E-state index is 6.19. The SMILES string of the molecule is C=CCC(C)NC(C)c1ccc(Br)cc1Cl. The summed E-state index contributed by atoms with van der Waals surface area (Å²) in [6.45, 7) is 8.00. The fourth-order valence-electron chi connectivity index (χ4n) is 1.69. The molecule has 0 aliphatic carbocycles. The summed E-state index contributed by atoms with van der Waals surface area (Å²) in [6.07, 6.45) is 2.88. The number of nitrogens with one attached hydrogen (secondary N) is 1. The molecule has 1 aromatic carbocycles. The Morgan fingerprint density at radius 2 is 2.19 bits per heavy atom. The first-order chi connectivity index (χ1) is 7.54. The van der Waals surface area contributed by atoms with Crippen LogP contribution in [0.2, 0.25) is 5.02 Å². The number of hydrogen-bond acceptors (Lipinski definition) is 1. The summed E-state index contributed by atoms with van der Waals surface area (Å²) in [5, 5.41) is 4.28. The van der Waals surface area contributed by atoms with Crippen molar-refractivity contribution in [3.63, 3.8) is 0 Å².